The highest BCUT2D eigenvalue weighted by Crippen LogP contribution is 2.47. The summed E-state index contributed by atoms with van der Waals surface area (Å²) in [6, 6.07) is 3.07. The van der Waals surface area contributed by atoms with Gasteiger partial charge in [-0.25, -0.2) is 4.39 Å². The third-order valence-corrected chi connectivity index (χ3v) is 2.66. The van der Waals surface area contributed by atoms with Crippen molar-refractivity contribution < 1.29 is 9.50 Å². The van der Waals surface area contributed by atoms with Gasteiger partial charge in [0, 0.05) is 10.6 Å². The summed E-state index contributed by atoms with van der Waals surface area (Å²) >= 11 is 5.78. The van der Waals surface area contributed by atoms with Crippen LogP contribution in [0.1, 0.15) is 24.0 Å². The highest BCUT2D eigenvalue weighted by Gasteiger charge is 2.44. The molecule has 0 radical (unpaired) electrons. The molecule has 0 bridgehead atoms. The lowest BCUT2D eigenvalue weighted by Gasteiger charge is -2.11. The zero-order valence-electron chi connectivity index (χ0n) is 7.27. The molecule has 1 nitrogen and oxygen atoms in total. The normalized spacial score (nSPS) is 18.8. The number of hydrogen-bond acceptors (Lipinski definition) is 1. The standard InChI is InChI=1S/C10H10ClFO/c1-6-4-7(11)5-8(9(6)12)10(13)2-3-10/h4-5,13H,2-3H2,1H3. The van der Waals surface area contributed by atoms with Crippen molar-refractivity contribution in [2.75, 3.05) is 0 Å². The smallest absolute Gasteiger partial charge is 0.132 e. The molecule has 0 spiro atoms. The van der Waals surface area contributed by atoms with Crippen LogP contribution in [0.5, 0.6) is 0 Å². The predicted molar refractivity (Wildman–Crippen MR) is 49.3 cm³/mol. The molecule has 13 heavy (non-hydrogen) atoms. The van der Waals surface area contributed by atoms with Gasteiger partial charge < -0.3 is 5.11 Å². The Labute approximate surface area is 81.1 Å². The van der Waals surface area contributed by atoms with E-state index in [-0.39, 0.29) is 5.82 Å². The molecule has 1 aromatic rings. The number of hydrogen-bond donors (Lipinski definition) is 1. The van der Waals surface area contributed by atoms with Crippen LogP contribution in [0.15, 0.2) is 12.1 Å². The largest absolute Gasteiger partial charge is 0.385 e. The number of aryl methyl sites for hydroxylation is 1. The van der Waals surface area contributed by atoms with Crippen LogP contribution < -0.4 is 0 Å². The molecule has 0 unspecified atom stereocenters. The molecule has 0 amide bonds. The topological polar surface area (TPSA) is 20.2 Å². The third-order valence-electron chi connectivity index (χ3n) is 2.44. The van der Waals surface area contributed by atoms with Gasteiger partial charge in [0.15, 0.2) is 0 Å². The number of halogens is 2. The molecule has 0 aromatic heterocycles. The average Bonchev–Trinajstić information content (AvgIpc) is 2.77. The Morgan fingerprint density at radius 1 is 1.46 bits per heavy atom. The third kappa shape index (κ3) is 1.45. The molecular weight excluding hydrogens is 191 g/mol. The SMILES string of the molecule is Cc1cc(Cl)cc(C2(O)CC2)c1F. The fourth-order valence-electron chi connectivity index (χ4n) is 1.45. The Kier molecular flexibility index (Phi) is 1.86. The minimum absolute atomic E-state index is 0.329. The minimum atomic E-state index is -0.945. The molecule has 1 saturated carbocycles. The van der Waals surface area contributed by atoms with E-state index in [1.807, 2.05) is 0 Å². The maximum atomic E-state index is 13.5. The molecule has 1 aromatic carbocycles. The van der Waals surface area contributed by atoms with E-state index in [4.69, 9.17) is 11.6 Å². The van der Waals surface area contributed by atoms with E-state index in [0.717, 1.165) is 0 Å². The summed E-state index contributed by atoms with van der Waals surface area (Å²) < 4.78 is 13.5. The Hall–Kier alpha value is -0.600. The maximum Gasteiger partial charge on any atom is 0.132 e. The van der Waals surface area contributed by atoms with E-state index in [0.29, 0.717) is 29.0 Å². The van der Waals surface area contributed by atoms with Gasteiger partial charge in [0.05, 0.1) is 5.60 Å². The first-order valence-electron chi connectivity index (χ1n) is 4.21. The first-order valence-corrected chi connectivity index (χ1v) is 4.59. The lowest BCUT2D eigenvalue weighted by Crippen LogP contribution is -2.08. The van der Waals surface area contributed by atoms with Crippen molar-refractivity contribution in [3.8, 4) is 0 Å². The van der Waals surface area contributed by atoms with Crippen molar-refractivity contribution in [2.45, 2.75) is 25.4 Å². The molecule has 3 heteroatoms. The zero-order valence-corrected chi connectivity index (χ0v) is 8.03. The molecular formula is C10H10ClFO. The maximum absolute atomic E-state index is 13.5. The second kappa shape index (κ2) is 2.69. The van der Waals surface area contributed by atoms with Gasteiger partial charge >= 0.3 is 0 Å². The van der Waals surface area contributed by atoms with Gasteiger partial charge in [-0.1, -0.05) is 11.6 Å². The molecule has 70 valence electrons. The van der Waals surface area contributed by atoms with E-state index in [1.165, 1.54) is 6.07 Å². The summed E-state index contributed by atoms with van der Waals surface area (Å²) in [7, 11) is 0. The molecule has 0 aliphatic heterocycles. The zero-order chi connectivity index (χ0) is 9.64. The second-order valence-corrected chi connectivity index (χ2v) is 4.05. The summed E-state index contributed by atoms with van der Waals surface area (Å²) in [6.07, 6.45) is 1.26. The van der Waals surface area contributed by atoms with E-state index < -0.39 is 5.60 Å². The summed E-state index contributed by atoms with van der Waals surface area (Å²) in [5.41, 5.74) is -0.111. The van der Waals surface area contributed by atoms with Crippen LogP contribution in [0.25, 0.3) is 0 Å². The average molecular weight is 201 g/mol. The molecule has 0 saturated heterocycles. The Morgan fingerprint density at radius 2 is 2.08 bits per heavy atom. The highest BCUT2D eigenvalue weighted by atomic mass is 35.5. The number of aliphatic hydroxyl groups is 1. The lowest BCUT2D eigenvalue weighted by atomic mass is 10.0. The fraction of sp³-hybridized carbons (Fsp3) is 0.400. The quantitative estimate of drug-likeness (QED) is 0.739. The van der Waals surface area contributed by atoms with Gasteiger partial charge in [0.1, 0.15) is 5.82 Å². The molecule has 1 fully saturated rings. The fourth-order valence-corrected chi connectivity index (χ4v) is 1.72. The Bertz CT molecular complexity index is 358. The monoisotopic (exact) mass is 200 g/mol. The minimum Gasteiger partial charge on any atom is -0.385 e. The predicted octanol–water partition coefficient (Wildman–Crippen LogP) is 2.77. The van der Waals surface area contributed by atoms with Crippen LogP contribution in [-0.2, 0) is 5.60 Å². The van der Waals surface area contributed by atoms with E-state index in [1.54, 1.807) is 13.0 Å². The van der Waals surface area contributed by atoms with Crippen LogP contribution in [0.2, 0.25) is 5.02 Å². The van der Waals surface area contributed by atoms with Gasteiger partial charge in [-0.05, 0) is 37.5 Å². The number of rotatable bonds is 1. The number of benzene rings is 1. The van der Waals surface area contributed by atoms with Crippen LogP contribution in [0.3, 0.4) is 0 Å². The first-order chi connectivity index (χ1) is 6.03. The van der Waals surface area contributed by atoms with Crippen LogP contribution >= 0.6 is 11.6 Å². The van der Waals surface area contributed by atoms with E-state index in [2.05, 4.69) is 0 Å². The summed E-state index contributed by atoms with van der Waals surface area (Å²) in [4.78, 5) is 0. The lowest BCUT2D eigenvalue weighted by molar-refractivity contribution is 0.146. The van der Waals surface area contributed by atoms with Crippen molar-refractivity contribution in [3.63, 3.8) is 0 Å². The molecule has 1 aliphatic carbocycles. The van der Waals surface area contributed by atoms with Crippen molar-refractivity contribution >= 4 is 11.6 Å². The molecule has 0 heterocycles. The molecule has 1 N–H and O–H groups in total. The van der Waals surface area contributed by atoms with Crippen molar-refractivity contribution in [1.82, 2.24) is 0 Å². The Morgan fingerprint density at radius 3 is 2.62 bits per heavy atom. The van der Waals surface area contributed by atoms with Crippen LogP contribution in [0.4, 0.5) is 4.39 Å². The Balaban J connectivity index is 2.56. The van der Waals surface area contributed by atoms with Gasteiger partial charge in [-0.3, -0.25) is 0 Å². The van der Waals surface area contributed by atoms with E-state index >= 15 is 0 Å². The molecule has 2 rings (SSSR count). The van der Waals surface area contributed by atoms with Gasteiger partial charge in [0.25, 0.3) is 0 Å². The second-order valence-electron chi connectivity index (χ2n) is 3.62. The van der Waals surface area contributed by atoms with Crippen LogP contribution in [0, 0.1) is 12.7 Å². The van der Waals surface area contributed by atoms with Crippen molar-refractivity contribution in [3.05, 3.63) is 34.1 Å². The van der Waals surface area contributed by atoms with Crippen molar-refractivity contribution in [2.24, 2.45) is 0 Å². The van der Waals surface area contributed by atoms with Gasteiger partial charge in [0.2, 0.25) is 0 Å². The molecule has 1 aliphatic rings. The van der Waals surface area contributed by atoms with Gasteiger partial charge in [-0.2, -0.15) is 0 Å². The summed E-state index contributed by atoms with van der Waals surface area (Å²) in [5, 5.41) is 10.2. The molecule has 0 atom stereocenters. The highest BCUT2D eigenvalue weighted by molar-refractivity contribution is 6.30. The van der Waals surface area contributed by atoms with E-state index in [9.17, 15) is 9.50 Å². The van der Waals surface area contributed by atoms with Crippen molar-refractivity contribution in [1.29, 1.82) is 0 Å². The first kappa shape index (κ1) is 8.97. The van der Waals surface area contributed by atoms with Gasteiger partial charge in [-0.15, -0.1) is 0 Å². The summed E-state index contributed by atoms with van der Waals surface area (Å²) in [6.45, 7) is 1.65. The van der Waals surface area contributed by atoms with Crippen LogP contribution in [-0.4, -0.2) is 5.11 Å². The summed E-state index contributed by atoms with van der Waals surface area (Å²) in [5.74, 6) is -0.329.